The first kappa shape index (κ1) is 13.9. The first-order valence-electron chi connectivity index (χ1n) is 6.16. The van der Waals surface area contributed by atoms with Crippen LogP contribution in [0.15, 0.2) is 47.8 Å². The summed E-state index contributed by atoms with van der Waals surface area (Å²) in [6, 6.07) is 13.1. The summed E-state index contributed by atoms with van der Waals surface area (Å²) in [5.41, 5.74) is 2.47. The predicted molar refractivity (Wildman–Crippen MR) is 81.4 cm³/mol. The Morgan fingerprint density at radius 3 is 2.62 bits per heavy atom. The van der Waals surface area contributed by atoms with Crippen LogP contribution in [0.2, 0.25) is 0 Å². The van der Waals surface area contributed by atoms with Gasteiger partial charge in [0.15, 0.2) is 5.01 Å². The van der Waals surface area contributed by atoms with E-state index in [2.05, 4.69) is 10.2 Å². The quantitative estimate of drug-likeness (QED) is 0.573. The minimum Gasteiger partial charge on any atom is -0.289 e. The van der Waals surface area contributed by atoms with Crippen molar-refractivity contribution in [2.75, 3.05) is 0 Å². The molecule has 0 aliphatic carbocycles. The Morgan fingerprint density at radius 1 is 1.14 bits per heavy atom. The van der Waals surface area contributed by atoms with E-state index in [1.165, 1.54) is 11.3 Å². The molecule has 1 aromatic carbocycles. The van der Waals surface area contributed by atoms with Gasteiger partial charge in [0.25, 0.3) is 5.91 Å². The fourth-order valence-electron chi connectivity index (χ4n) is 1.97. The summed E-state index contributed by atoms with van der Waals surface area (Å²) >= 11 is 2.92. The van der Waals surface area contributed by atoms with Crippen LogP contribution in [-0.2, 0) is 4.79 Å². The van der Waals surface area contributed by atoms with Crippen LogP contribution in [0.25, 0.3) is 9.88 Å². The number of nitrogens with one attached hydrogen (secondary N) is 1. The number of rotatable bonds is 4. The molecule has 7 heteroatoms. The maximum Gasteiger partial charge on any atom is 0.257 e. The second-order valence-electron chi connectivity index (χ2n) is 4.24. The van der Waals surface area contributed by atoms with Crippen molar-refractivity contribution < 1.29 is 10.0 Å². The number of carbonyl (C=O) groups is 1. The Labute approximate surface area is 128 Å². The van der Waals surface area contributed by atoms with E-state index < -0.39 is 11.8 Å². The Hall–Kier alpha value is -2.09. The van der Waals surface area contributed by atoms with Crippen molar-refractivity contribution in [3.05, 3.63) is 58.4 Å². The number of carbonyl (C=O) groups excluding carboxylic acids is 1. The van der Waals surface area contributed by atoms with Crippen molar-refractivity contribution in [2.45, 2.75) is 5.92 Å². The molecule has 21 heavy (non-hydrogen) atoms. The third-order valence-corrected chi connectivity index (χ3v) is 4.95. The van der Waals surface area contributed by atoms with Crippen molar-refractivity contribution >= 4 is 28.6 Å². The van der Waals surface area contributed by atoms with Crippen molar-refractivity contribution in [2.24, 2.45) is 0 Å². The lowest BCUT2D eigenvalue weighted by atomic mass is 9.99. The van der Waals surface area contributed by atoms with E-state index in [1.807, 2.05) is 47.8 Å². The summed E-state index contributed by atoms with van der Waals surface area (Å²) in [6.45, 7) is 0. The van der Waals surface area contributed by atoms with Gasteiger partial charge in [0.05, 0.1) is 4.88 Å². The predicted octanol–water partition coefficient (Wildman–Crippen LogP) is 2.90. The van der Waals surface area contributed by atoms with Gasteiger partial charge in [0, 0.05) is 0 Å². The number of hydrogen-bond acceptors (Lipinski definition) is 6. The smallest absolute Gasteiger partial charge is 0.257 e. The third-order valence-electron chi connectivity index (χ3n) is 2.92. The first-order valence-corrected chi connectivity index (χ1v) is 7.85. The molecule has 0 fully saturated rings. The second-order valence-corrected chi connectivity index (χ2v) is 6.20. The van der Waals surface area contributed by atoms with Crippen LogP contribution in [0.4, 0.5) is 0 Å². The van der Waals surface area contributed by atoms with Gasteiger partial charge in [-0.2, -0.15) is 0 Å². The normalized spacial score (nSPS) is 12.0. The molecule has 0 radical (unpaired) electrons. The van der Waals surface area contributed by atoms with Crippen LogP contribution >= 0.6 is 22.7 Å². The lowest BCUT2D eigenvalue weighted by molar-refractivity contribution is -0.129. The van der Waals surface area contributed by atoms with Crippen molar-refractivity contribution in [3.63, 3.8) is 0 Å². The van der Waals surface area contributed by atoms with Crippen LogP contribution in [-0.4, -0.2) is 21.3 Å². The van der Waals surface area contributed by atoms with Gasteiger partial charge in [-0.25, -0.2) is 5.48 Å². The number of aromatic nitrogens is 2. The second kappa shape index (κ2) is 6.13. The number of hydrogen-bond donors (Lipinski definition) is 2. The van der Waals surface area contributed by atoms with E-state index in [0.717, 1.165) is 15.4 Å². The maximum atomic E-state index is 12.0. The molecule has 2 heterocycles. The Morgan fingerprint density at radius 2 is 1.95 bits per heavy atom. The van der Waals surface area contributed by atoms with Gasteiger partial charge < -0.3 is 0 Å². The Bertz CT molecular complexity index is 726. The average Bonchev–Trinajstić information content (AvgIpc) is 3.19. The van der Waals surface area contributed by atoms with Crippen LogP contribution in [0, 0.1) is 0 Å². The van der Waals surface area contributed by atoms with Crippen molar-refractivity contribution in [1.29, 1.82) is 0 Å². The molecule has 1 unspecified atom stereocenters. The molecular weight excluding hydrogens is 306 g/mol. The van der Waals surface area contributed by atoms with Gasteiger partial charge in [-0.1, -0.05) is 47.7 Å². The van der Waals surface area contributed by atoms with E-state index >= 15 is 0 Å². The van der Waals surface area contributed by atoms with Gasteiger partial charge in [0.2, 0.25) is 0 Å². The fraction of sp³-hybridized carbons (Fsp3) is 0.0714. The van der Waals surface area contributed by atoms with Crippen LogP contribution in [0.3, 0.4) is 0 Å². The molecule has 2 aromatic heterocycles. The number of hydroxylamine groups is 1. The van der Waals surface area contributed by atoms with E-state index in [1.54, 1.807) is 16.8 Å². The molecule has 1 atom stereocenters. The average molecular weight is 317 g/mol. The monoisotopic (exact) mass is 317 g/mol. The minimum atomic E-state index is -0.664. The molecule has 0 aliphatic rings. The molecule has 106 valence electrons. The number of thiophene rings is 1. The zero-order valence-electron chi connectivity index (χ0n) is 10.8. The summed E-state index contributed by atoms with van der Waals surface area (Å²) in [5, 5.41) is 20.5. The van der Waals surface area contributed by atoms with Gasteiger partial charge in [0.1, 0.15) is 10.9 Å². The molecule has 0 spiro atoms. The topological polar surface area (TPSA) is 75.1 Å². The lowest BCUT2D eigenvalue weighted by Gasteiger charge is -2.11. The van der Waals surface area contributed by atoms with E-state index in [9.17, 15) is 4.79 Å². The highest BCUT2D eigenvalue weighted by Crippen LogP contribution is 2.33. The van der Waals surface area contributed by atoms with Crippen LogP contribution in [0.1, 0.15) is 16.5 Å². The van der Waals surface area contributed by atoms with E-state index in [4.69, 9.17) is 5.21 Å². The van der Waals surface area contributed by atoms with Gasteiger partial charge >= 0.3 is 0 Å². The SMILES string of the molecule is O=C(NO)C(c1ccccc1)c1nnc(-c2cccs2)s1. The summed E-state index contributed by atoms with van der Waals surface area (Å²) in [7, 11) is 0. The molecular formula is C14H11N3O2S2. The largest absolute Gasteiger partial charge is 0.289 e. The number of amides is 1. The van der Waals surface area contributed by atoms with Gasteiger partial charge in [-0.05, 0) is 17.0 Å². The van der Waals surface area contributed by atoms with Gasteiger partial charge in [-0.15, -0.1) is 21.5 Å². The highest BCUT2D eigenvalue weighted by atomic mass is 32.1. The third kappa shape index (κ3) is 2.85. The van der Waals surface area contributed by atoms with Gasteiger partial charge in [-0.3, -0.25) is 10.0 Å². The molecule has 0 saturated carbocycles. The molecule has 5 nitrogen and oxygen atoms in total. The lowest BCUT2D eigenvalue weighted by Crippen LogP contribution is -2.27. The molecule has 1 amide bonds. The van der Waals surface area contributed by atoms with Crippen LogP contribution in [0.5, 0.6) is 0 Å². The molecule has 3 aromatic rings. The molecule has 3 rings (SSSR count). The molecule has 2 N–H and O–H groups in total. The summed E-state index contributed by atoms with van der Waals surface area (Å²) in [4.78, 5) is 13.0. The zero-order chi connectivity index (χ0) is 14.7. The maximum absolute atomic E-state index is 12.0. The van der Waals surface area contributed by atoms with E-state index in [-0.39, 0.29) is 0 Å². The van der Waals surface area contributed by atoms with Crippen molar-refractivity contribution in [3.8, 4) is 9.88 Å². The fourth-order valence-corrected chi connectivity index (χ4v) is 3.73. The highest BCUT2D eigenvalue weighted by Gasteiger charge is 2.26. The standard InChI is InChI=1S/C14H11N3O2S2/c18-12(17-19)11(9-5-2-1-3-6-9)14-16-15-13(21-14)10-7-4-8-20-10/h1-8,11,19H,(H,17,18). The number of benzene rings is 1. The molecule has 0 bridgehead atoms. The first-order chi connectivity index (χ1) is 10.3. The Balaban J connectivity index is 2.00. The summed E-state index contributed by atoms with van der Waals surface area (Å²) in [5.74, 6) is -1.18. The zero-order valence-corrected chi connectivity index (χ0v) is 12.4. The Kier molecular flexibility index (Phi) is 4.05. The molecule has 0 saturated heterocycles. The number of nitrogens with zero attached hydrogens (tertiary/aromatic N) is 2. The van der Waals surface area contributed by atoms with E-state index in [0.29, 0.717) is 5.01 Å². The minimum absolute atomic E-state index is 0.518. The summed E-state index contributed by atoms with van der Waals surface area (Å²) in [6.07, 6.45) is 0. The van der Waals surface area contributed by atoms with Crippen molar-refractivity contribution in [1.82, 2.24) is 15.7 Å². The summed E-state index contributed by atoms with van der Waals surface area (Å²) < 4.78 is 0. The highest BCUT2D eigenvalue weighted by molar-refractivity contribution is 7.20. The molecule has 0 aliphatic heterocycles. The van der Waals surface area contributed by atoms with Crippen LogP contribution < -0.4 is 5.48 Å².